The summed E-state index contributed by atoms with van der Waals surface area (Å²) in [5.74, 6) is -0.137. The smallest absolute Gasteiger partial charge is 0.263 e. The number of anilines is 1. The largest absolute Gasteiger partial charge is 0.325 e. The van der Waals surface area contributed by atoms with Gasteiger partial charge in [0.1, 0.15) is 4.83 Å². The van der Waals surface area contributed by atoms with E-state index in [-0.39, 0.29) is 11.5 Å². The number of carbonyl (C=O) groups is 1. The topological polar surface area (TPSA) is 64.0 Å². The summed E-state index contributed by atoms with van der Waals surface area (Å²) >= 11 is 2.68. The lowest BCUT2D eigenvalue weighted by Crippen LogP contribution is -2.26. The molecule has 0 aliphatic rings. The van der Waals surface area contributed by atoms with E-state index in [2.05, 4.69) is 16.9 Å². The van der Waals surface area contributed by atoms with E-state index in [1.54, 1.807) is 23.6 Å². The molecule has 0 spiro atoms. The fraction of sp³-hybridized carbons (Fsp3) is 0.167. The number of carbonyl (C=O) groups excluding carboxylic acids is 1. The number of thiophene rings is 1. The molecule has 1 amide bonds. The summed E-state index contributed by atoms with van der Waals surface area (Å²) in [5, 5.41) is 5.43. The van der Waals surface area contributed by atoms with E-state index in [4.69, 9.17) is 0 Å². The molecule has 1 N–H and O–H groups in total. The summed E-state index contributed by atoms with van der Waals surface area (Å²) in [6, 6.07) is 11.1. The quantitative estimate of drug-likeness (QED) is 0.407. The fourth-order valence-electron chi connectivity index (χ4n) is 2.29. The van der Waals surface area contributed by atoms with Gasteiger partial charge in [-0.05, 0) is 30.5 Å². The minimum absolute atomic E-state index is 0.107. The van der Waals surface area contributed by atoms with Gasteiger partial charge in [0, 0.05) is 12.2 Å². The van der Waals surface area contributed by atoms with E-state index in [1.807, 2.05) is 35.7 Å². The minimum atomic E-state index is -0.402. The van der Waals surface area contributed by atoms with Gasteiger partial charge in [-0.2, -0.15) is 0 Å². The molecule has 3 aromatic rings. The van der Waals surface area contributed by atoms with Crippen LogP contribution in [0.2, 0.25) is 0 Å². The van der Waals surface area contributed by atoms with E-state index >= 15 is 0 Å². The number of aromatic nitrogens is 2. The van der Waals surface area contributed by atoms with E-state index < -0.39 is 5.25 Å². The summed E-state index contributed by atoms with van der Waals surface area (Å²) in [5.41, 5.74) is 0.634. The Morgan fingerprint density at radius 3 is 2.88 bits per heavy atom. The number of hydrogen-bond acceptors (Lipinski definition) is 5. The van der Waals surface area contributed by atoms with Crippen molar-refractivity contribution in [3.05, 3.63) is 64.8 Å². The standard InChI is InChI=1S/C18H17N3O2S2/c1-3-10-21-17(23)14-9-11-24-16(14)20-18(21)25-12(2)15(22)19-13-7-5-4-6-8-13/h3-9,11-12H,1,10H2,2H3,(H,19,22)/t12-/m1/s1. The average molecular weight is 371 g/mol. The normalized spacial score (nSPS) is 12.0. The molecule has 25 heavy (non-hydrogen) atoms. The minimum Gasteiger partial charge on any atom is -0.325 e. The predicted octanol–water partition coefficient (Wildman–Crippen LogP) is 3.76. The highest BCUT2D eigenvalue weighted by atomic mass is 32.2. The van der Waals surface area contributed by atoms with Crippen LogP contribution in [0.15, 0.2) is 64.4 Å². The number of para-hydroxylation sites is 1. The van der Waals surface area contributed by atoms with Gasteiger partial charge >= 0.3 is 0 Å². The van der Waals surface area contributed by atoms with Crippen molar-refractivity contribution in [2.24, 2.45) is 0 Å². The summed E-state index contributed by atoms with van der Waals surface area (Å²) in [7, 11) is 0. The van der Waals surface area contributed by atoms with Crippen molar-refractivity contribution in [3.8, 4) is 0 Å². The molecule has 0 fully saturated rings. The van der Waals surface area contributed by atoms with Crippen LogP contribution in [0.3, 0.4) is 0 Å². The summed E-state index contributed by atoms with van der Waals surface area (Å²) in [6.07, 6.45) is 1.65. The predicted molar refractivity (Wildman–Crippen MR) is 104 cm³/mol. The molecule has 128 valence electrons. The third-order valence-corrected chi connectivity index (χ3v) is 5.45. The Balaban J connectivity index is 1.86. The van der Waals surface area contributed by atoms with Crippen LogP contribution in [0.25, 0.3) is 10.2 Å². The van der Waals surface area contributed by atoms with Gasteiger partial charge in [-0.15, -0.1) is 17.9 Å². The number of fused-ring (bicyclic) bond motifs is 1. The van der Waals surface area contributed by atoms with Crippen molar-refractivity contribution in [1.29, 1.82) is 0 Å². The summed E-state index contributed by atoms with van der Waals surface area (Å²) in [4.78, 5) is 30.3. The first-order valence-corrected chi connectivity index (χ1v) is 9.47. The molecule has 0 bridgehead atoms. The highest BCUT2D eigenvalue weighted by molar-refractivity contribution is 8.00. The Hall–Kier alpha value is -2.38. The van der Waals surface area contributed by atoms with Gasteiger partial charge in [-0.1, -0.05) is 36.0 Å². The molecule has 3 rings (SSSR count). The van der Waals surface area contributed by atoms with Gasteiger partial charge < -0.3 is 5.32 Å². The number of benzene rings is 1. The number of amides is 1. The van der Waals surface area contributed by atoms with E-state index in [1.165, 1.54) is 23.1 Å². The van der Waals surface area contributed by atoms with E-state index in [9.17, 15) is 9.59 Å². The van der Waals surface area contributed by atoms with Crippen molar-refractivity contribution >= 4 is 44.9 Å². The van der Waals surface area contributed by atoms with Crippen molar-refractivity contribution in [3.63, 3.8) is 0 Å². The van der Waals surface area contributed by atoms with Gasteiger partial charge in [0.05, 0.1) is 10.6 Å². The first-order chi connectivity index (χ1) is 12.1. The number of allylic oxidation sites excluding steroid dienone is 1. The van der Waals surface area contributed by atoms with Crippen LogP contribution in [-0.2, 0) is 11.3 Å². The molecule has 1 atom stereocenters. The molecule has 2 aromatic heterocycles. The summed E-state index contributed by atoms with van der Waals surface area (Å²) < 4.78 is 1.55. The van der Waals surface area contributed by atoms with Crippen molar-refractivity contribution in [1.82, 2.24) is 9.55 Å². The molecule has 0 saturated carbocycles. The molecule has 0 aliphatic carbocycles. The van der Waals surface area contributed by atoms with E-state index in [0.717, 1.165) is 5.69 Å². The molecule has 0 radical (unpaired) electrons. The highest BCUT2D eigenvalue weighted by Gasteiger charge is 2.19. The monoisotopic (exact) mass is 371 g/mol. The number of nitrogens with one attached hydrogen (secondary N) is 1. The Kier molecular flexibility index (Phi) is 5.35. The zero-order valence-corrected chi connectivity index (χ0v) is 15.3. The van der Waals surface area contributed by atoms with Crippen LogP contribution in [0.4, 0.5) is 5.69 Å². The second-order valence-corrected chi connectivity index (χ2v) is 7.56. The molecule has 0 saturated heterocycles. The maximum Gasteiger partial charge on any atom is 0.263 e. The Labute approximate surface area is 153 Å². The number of rotatable bonds is 6. The lowest BCUT2D eigenvalue weighted by Gasteiger charge is -2.14. The van der Waals surface area contributed by atoms with Crippen molar-refractivity contribution < 1.29 is 4.79 Å². The van der Waals surface area contributed by atoms with Gasteiger partial charge in [0.2, 0.25) is 5.91 Å². The number of thioether (sulfide) groups is 1. The number of hydrogen-bond donors (Lipinski definition) is 1. The SMILES string of the molecule is C=CCn1c(S[C@H](C)C(=O)Nc2ccccc2)nc2sccc2c1=O. The van der Waals surface area contributed by atoms with Gasteiger partial charge in [-0.25, -0.2) is 4.98 Å². The first kappa shape index (κ1) is 17.4. The molecule has 0 unspecified atom stereocenters. The number of nitrogens with zero attached hydrogens (tertiary/aromatic N) is 2. The molecule has 0 aliphatic heterocycles. The van der Waals surface area contributed by atoms with Crippen LogP contribution in [-0.4, -0.2) is 20.7 Å². The summed E-state index contributed by atoms with van der Waals surface area (Å²) in [6.45, 7) is 5.85. The Morgan fingerprint density at radius 1 is 1.40 bits per heavy atom. The van der Waals surface area contributed by atoms with Gasteiger partial charge in [0.15, 0.2) is 5.16 Å². The van der Waals surface area contributed by atoms with Crippen LogP contribution in [0.1, 0.15) is 6.92 Å². The Morgan fingerprint density at radius 2 is 2.16 bits per heavy atom. The molecule has 1 aromatic carbocycles. The molecular formula is C18H17N3O2S2. The van der Waals surface area contributed by atoms with Crippen molar-refractivity contribution in [2.75, 3.05) is 5.32 Å². The van der Waals surface area contributed by atoms with Crippen LogP contribution in [0.5, 0.6) is 0 Å². The zero-order chi connectivity index (χ0) is 17.8. The third kappa shape index (κ3) is 3.83. The molecule has 2 heterocycles. The first-order valence-electron chi connectivity index (χ1n) is 7.71. The second-order valence-electron chi connectivity index (χ2n) is 5.35. The lowest BCUT2D eigenvalue weighted by molar-refractivity contribution is -0.115. The van der Waals surface area contributed by atoms with E-state index in [0.29, 0.717) is 21.9 Å². The second kappa shape index (κ2) is 7.67. The highest BCUT2D eigenvalue weighted by Crippen LogP contribution is 2.25. The lowest BCUT2D eigenvalue weighted by atomic mass is 10.3. The Bertz CT molecular complexity index is 963. The van der Waals surface area contributed by atoms with Gasteiger partial charge in [0.25, 0.3) is 5.56 Å². The zero-order valence-electron chi connectivity index (χ0n) is 13.6. The fourth-order valence-corrected chi connectivity index (χ4v) is 4.01. The molecule has 7 heteroatoms. The average Bonchev–Trinajstić information content (AvgIpc) is 3.08. The van der Waals surface area contributed by atoms with Crippen molar-refractivity contribution in [2.45, 2.75) is 23.9 Å². The van der Waals surface area contributed by atoms with Crippen LogP contribution in [0, 0.1) is 0 Å². The van der Waals surface area contributed by atoms with Gasteiger partial charge in [-0.3, -0.25) is 14.2 Å². The maximum absolute atomic E-state index is 12.6. The molecule has 5 nitrogen and oxygen atoms in total. The molecular weight excluding hydrogens is 354 g/mol. The maximum atomic E-state index is 12.6. The van der Waals surface area contributed by atoms with Crippen LogP contribution < -0.4 is 10.9 Å². The third-order valence-electron chi connectivity index (χ3n) is 3.55. The van der Waals surface area contributed by atoms with Crippen LogP contribution >= 0.6 is 23.1 Å².